The van der Waals surface area contributed by atoms with Crippen LogP contribution >= 0.6 is 22.9 Å². The molecule has 8 heteroatoms. The Morgan fingerprint density at radius 3 is 2.56 bits per heavy atom. The molecule has 0 unspecified atom stereocenters. The van der Waals surface area contributed by atoms with Crippen molar-refractivity contribution in [2.45, 2.75) is 38.0 Å². The minimum Gasteiger partial charge on any atom is -0.362 e. The number of nitrogens with one attached hydrogen (secondary N) is 2. The van der Waals surface area contributed by atoms with Crippen LogP contribution < -0.4 is 5.32 Å². The third kappa shape index (κ3) is 2.98. The first kappa shape index (κ1) is 18.4. The van der Waals surface area contributed by atoms with Crippen molar-refractivity contribution in [1.29, 1.82) is 5.41 Å². The molecule has 134 valence electrons. The number of aromatic nitrogens is 1. The topological polar surface area (TPSA) is 82.9 Å². The number of nitrogens with zero attached hydrogens (tertiary/aromatic N) is 1. The van der Waals surface area contributed by atoms with Crippen LogP contribution in [0, 0.1) is 12.3 Å². The van der Waals surface area contributed by atoms with E-state index in [-0.39, 0.29) is 11.6 Å². The SMILES string of the molecule is Cc1cncc(-c2cc(Cl)c([C@]3(C)CS(=O)(=O)C(C)(C)C(=N)N3)s2)c1. The van der Waals surface area contributed by atoms with Crippen LogP contribution in [0.3, 0.4) is 0 Å². The molecule has 0 saturated carbocycles. The molecule has 1 atom stereocenters. The van der Waals surface area contributed by atoms with Crippen LogP contribution in [0.5, 0.6) is 0 Å². The molecule has 2 aromatic heterocycles. The smallest absolute Gasteiger partial charge is 0.165 e. The number of hydrogen-bond acceptors (Lipinski definition) is 5. The van der Waals surface area contributed by atoms with Gasteiger partial charge >= 0.3 is 0 Å². The Labute approximate surface area is 156 Å². The van der Waals surface area contributed by atoms with Crippen molar-refractivity contribution in [3.63, 3.8) is 0 Å². The standard InChI is InChI=1S/C17H20ClN3O2S2/c1-10-5-11(8-20-7-10)13-6-12(18)14(24-13)17(4)9-25(22,23)16(2,3)15(19)21-17/h5-8H,9H2,1-4H3,(H2,19,21)/t17-/m0/s1. The van der Waals surface area contributed by atoms with Crippen LogP contribution in [-0.4, -0.2) is 29.7 Å². The molecule has 0 aliphatic carbocycles. The van der Waals surface area contributed by atoms with Gasteiger partial charge in [-0.15, -0.1) is 11.3 Å². The second-order valence-electron chi connectivity index (χ2n) is 7.14. The molecule has 3 rings (SSSR count). The van der Waals surface area contributed by atoms with E-state index in [1.54, 1.807) is 33.2 Å². The van der Waals surface area contributed by atoms with Crippen molar-refractivity contribution in [2.75, 3.05) is 5.75 Å². The van der Waals surface area contributed by atoms with E-state index in [1.807, 2.05) is 19.1 Å². The lowest BCUT2D eigenvalue weighted by molar-refractivity contribution is 0.450. The summed E-state index contributed by atoms with van der Waals surface area (Å²) >= 11 is 7.89. The van der Waals surface area contributed by atoms with Gasteiger partial charge in [-0.25, -0.2) is 8.42 Å². The Morgan fingerprint density at radius 1 is 1.28 bits per heavy atom. The van der Waals surface area contributed by atoms with Crippen LogP contribution in [0.4, 0.5) is 0 Å². The summed E-state index contributed by atoms with van der Waals surface area (Å²) in [4.78, 5) is 5.84. The molecule has 1 aliphatic rings. The Morgan fingerprint density at radius 2 is 1.96 bits per heavy atom. The Bertz CT molecular complexity index is 966. The van der Waals surface area contributed by atoms with Crippen molar-refractivity contribution in [3.8, 4) is 10.4 Å². The van der Waals surface area contributed by atoms with Gasteiger partial charge in [-0.1, -0.05) is 11.6 Å². The number of aryl methyl sites for hydroxylation is 1. The molecule has 0 spiro atoms. The van der Waals surface area contributed by atoms with E-state index in [4.69, 9.17) is 17.0 Å². The van der Waals surface area contributed by atoms with Gasteiger partial charge in [0.2, 0.25) is 0 Å². The van der Waals surface area contributed by atoms with Crippen molar-refractivity contribution in [1.82, 2.24) is 10.3 Å². The summed E-state index contributed by atoms with van der Waals surface area (Å²) in [5.74, 6) is -0.120. The van der Waals surface area contributed by atoms with Crippen LogP contribution in [0.2, 0.25) is 5.02 Å². The summed E-state index contributed by atoms with van der Waals surface area (Å²) in [6.45, 7) is 6.85. The van der Waals surface area contributed by atoms with E-state index in [1.165, 1.54) is 11.3 Å². The lowest BCUT2D eigenvalue weighted by Crippen LogP contribution is -2.63. The Kier molecular flexibility index (Phi) is 4.25. The summed E-state index contributed by atoms with van der Waals surface area (Å²) < 4.78 is 24.2. The molecule has 2 N–H and O–H groups in total. The third-order valence-corrected chi connectivity index (χ3v) is 9.18. The van der Waals surface area contributed by atoms with Gasteiger partial charge in [0.05, 0.1) is 16.3 Å². The van der Waals surface area contributed by atoms with Gasteiger partial charge in [0, 0.05) is 27.7 Å². The number of pyridine rings is 1. The zero-order chi connectivity index (χ0) is 18.6. The molecule has 1 fully saturated rings. The van der Waals surface area contributed by atoms with Gasteiger partial charge in [-0.2, -0.15) is 0 Å². The molecule has 5 nitrogen and oxygen atoms in total. The predicted molar refractivity (Wildman–Crippen MR) is 103 cm³/mol. The highest BCUT2D eigenvalue weighted by atomic mass is 35.5. The van der Waals surface area contributed by atoms with Crippen molar-refractivity contribution < 1.29 is 8.42 Å². The van der Waals surface area contributed by atoms with Crippen LogP contribution in [-0.2, 0) is 15.4 Å². The lowest BCUT2D eigenvalue weighted by atomic mass is 10.00. The zero-order valence-corrected chi connectivity index (χ0v) is 16.9. The highest BCUT2D eigenvalue weighted by Crippen LogP contribution is 2.43. The number of thiophene rings is 1. The first-order valence-corrected chi connectivity index (χ1v) is 10.6. The predicted octanol–water partition coefficient (Wildman–Crippen LogP) is 3.76. The molecule has 2 aromatic rings. The minimum absolute atomic E-state index is 0.00973. The summed E-state index contributed by atoms with van der Waals surface area (Å²) in [6.07, 6.45) is 3.54. The molecule has 3 heterocycles. The van der Waals surface area contributed by atoms with Crippen molar-refractivity contribution >= 4 is 38.6 Å². The Balaban J connectivity index is 2.07. The first-order valence-electron chi connectivity index (χ1n) is 7.78. The van der Waals surface area contributed by atoms with E-state index < -0.39 is 20.1 Å². The molecule has 0 amide bonds. The molecule has 0 radical (unpaired) electrons. The van der Waals surface area contributed by atoms with Crippen LogP contribution in [0.15, 0.2) is 24.5 Å². The number of rotatable bonds is 2. The average Bonchev–Trinajstić information content (AvgIpc) is 2.88. The highest BCUT2D eigenvalue weighted by Gasteiger charge is 2.51. The zero-order valence-electron chi connectivity index (χ0n) is 14.5. The summed E-state index contributed by atoms with van der Waals surface area (Å²) in [5.41, 5.74) is 1.05. The molecule has 0 bridgehead atoms. The van der Waals surface area contributed by atoms with Crippen molar-refractivity contribution in [2.24, 2.45) is 0 Å². The second kappa shape index (κ2) is 5.79. The molecule has 1 aliphatic heterocycles. The third-order valence-electron chi connectivity index (χ3n) is 4.61. The normalized spacial score (nSPS) is 24.8. The maximum absolute atomic E-state index is 12.7. The average molecular weight is 398 g/mol. The minimum atomic E-state index is -3.50. The summed E-state index contributed by atoms with van der Waals surface area (Å²) in [7, 11) is -3.50. The van der Waals surface area contributed by atoms with Gasteiger partial charge < -0.3 is 5.32 Å². The van der Waals surface area contributed by atoms with E-state index in [9.17, 15) is 8.42 Å². The van der Waals surface area contributed by atoms with Gasteiger partial charge in [-0.05, 0) is 45.4 Å². The molecule has 0 aromatic carbocycles. The number of hydrogen-bond donors (Lipinski definition) is 2. The van der Waals surface area contributed by atoms with E-state index in [0.717, 1.165) is 20.9 Å². The first-order chi connectivity index (χ1) is 11.5. The number of halogens is 1. The van der Waals surface area contributed by atoms with Gasteiger partial charge in [0.25, 0.3) is 0 Å². The largest absolute Gasteiger partial charge is 0.362 e. The summed E-state index contributed by atoms with van der Waals surface area (Å²) in [5, 5.41) is 11.8. The van der Waals surface area contributed by atoms with Gasteiger partial charge in [0.15, 0.2) is 9.84 Å². The maximum Gasteiger partial charge on any atom is 0.165 e. The monoisotopic (exact) mass is 397 g/mol. The molecular formula is C17H20ClN3O2S2. The molecular weight excluding hydrogens is 378 g/mol. The van der Waals surface area contributed by atoms with E-state index >= 15 is 0 Å². The van der Waals surface area contributed by atoms with Gasteiger partial charge in [0.1, 0.15) is 10.6 Å². The fourth-order valence-electron chi connectivity index (χ4n) is 2.88. The van der Waals surface area contributed by atoms with E-state index in [2.05, 4.69) is 10.3 Å². The second-order valence-corrected chi connectivity index (χ2v) is 11.1. The van der Waals surface area contributed by atoms with Crippen molar-refractivity contribution in [3.05, 3.63) is 40.0 Å². The van der Waals surface area contributed by atoms with Gasteiger partial charge in [-0.3, -0.25) is 10.4 Å². The highest BCUT2D eigenvalue weighted by molar-refractivity contribution is 7.93. The lowest BCUT2D eigenvalue weighted by Gasteiger charge is -2.42. The van der Waals surface area contributed by atoms with Crippen LogP contribution in [0.25, 0.3) is 10.4 Å². The summed E-state index contributed by atoms with van der Waals surface area (Å²) in [6, 6.07) is 3.85. The quantitative estimate of drug-likeness (QED) is 0.808. The molecule has 1 saturated heterocycles. The fraction of sp³-hybridized carbons (Fsp3) is 0.412. The molecule has 25 heavy (non-hydrogen) atoms. The number of sulfone groups is 1. The Hall–Kier alpha value is -1.44. The number of amidine groups is 1. The maximum atomic E-state index is 12.7. The van der Waals surface area contributed by atoms with E-state index in [0.29, 0.717) is 5.02 Å². The van der Waals surface area contributed by atoms with Crippen LogP contribution in [0.1, 0.15) is 31.2 Å². The fourth-order valence-corrected chi connectivity index (χ4v) is 6.30.